The lowest BCUT2D eigenvalue weighted by molar-refractivity contribution is 0.432. The van der Waals surface area contributed by atoms with Crippen LogP contribution in [0.1, 0.15) is 5.69 Å². The number of rotatable bonds is 2. The fraction of sp³-hybridized carbons (Fsp3) is 0. The second-order valence-electron chi connectivity index (χ2n) is 4.12. The topological polar surface area (TPSA) is 75.6 Å². The summed E-state index contributed by atoms with van der Waals surface area (Å²) in [6, 6.07) is 9.46. The second-order valence-corrected chi connectivity index (χ2v) is 5.04. The largest absolute Gasteiger partial charge is 0.334 e. The van der Waals surface area contributed by atoms with Crippen LogP contribution >= 0.6 is 15.9 Å². The molecule has 0 saturated carbocycles. The Morgan fingerprint density at radius 3 is 2.81 bits per heavy atom. The number of hydrogen-bond acceptors (Lipinski definition) is 5. The fourth-order valence-electron chi connectivity index (χ4n) is 1.77. The lowest BCUT2D eigenvalue weighted by atomic mass is 10.2. The maximum absolute atomic E-state index is 13.4. The third-order valence-corrected chi connectivity index (χ3v) is 3.13. The van der Waals surface area contributed by atoms with Gasteiger partial charge in [-0.15, -0.1) is 0 Å². The molecule has 3 rings (SSSR count). The van der Waals surface area contributed by atoms with Crippen LogP contribution in [0.3, 0.4) is 0 Å². The highest BCUT2D eigenvalue weighted by atomic mass is 79.9. The molecule has 0 atom stereocenters. The van der Waals surface area contributed by atoms with E-state index < -0.39 is 5.82 Å². The van der Waals surface area contributed by atoms with Crippen LogP contribution in [0.5, 0.6) is 0 Å². The lowest BCUT2D eigenvalue weighted by Crippen LogP contribution is -1.85. The van der Waals surface area contributed by atoms with Crippen molar-refractivity contribution in [2.75, 3.05) is 0 Å². The van der Waals surface area contributed by atoms with Gasteiger partial charge in [0.2, 0.25) is 5.82 Å². The normalized spacial score (nSPS) is 10.3. The first-order valence-corrected chi connectivity index (χ1v) is 6.62. The molecule has 1 aromatic carbocycles. The molecule has 3 aromatic rings. The molecule has 102 valence electrons. The number of aromatic nitrogens is 3. The predicted octanol–water partition coefficient (Wildman–Crippen LogP) is 3.57. The number of halogens is 2. The van der Waals surface area contributed by atoms with Crippen molar-refractivity contribution in [3.8, 4) is 28.9 Å². The van der Waals surface area contributed by atoms with Crippen molar-refractivity contribution < 1.29 is 8.91 Å². The summed E-state index contributed by atoms with van der Waals surface area (Å²) in [5.41, 5.74) is 1.32. The van der Waals surface area contributed by atoms with Gasteiger partial charge in [0.05, 0.1) is 0 Å². The molecule has 0 bridgehead atoms. The predicted molar refractivity (Wildman–Crippen MR) is 75.3 cm³/mol. The molecule has 0 aliphatic rings. The first kappa shape index (κ1) is 13.4. The van der Waals surface area contributed by atoms with Crippen LogP contribution in [-0.4, -0.2) is 15.1 Å². The minimum Gasteiger partial charge on any atom is -0.334 e. The summed E-state index contributed by atoms with van der Waals surface area (Å²) >= 11 is 3.21. The Labute approximate surface area is 127 Å². The van der Waals surface area contributed by atoms with Crippen LogP contribution in [0.2, 0.25) is 0 Å². The summed E-state index contributed by atoms with van der Waals surface area (Å²) in [6.45, 7) is 0. The monoisotopic (exact) mass is 344 g/mol. The summed E-state index contributed by atoms with van der Waals surface area (Å²) in [7, 11) is 0. The van der Waals surface area contributed by atoms with E-state index >= 15 is 0 Å². The smallest absolute Gasteiger partial charge is 0.258 e. The molecule has 0 fully saturated rings. The Bertz CT molecular complexity index is 836. The summed E-state index contributed by atoms with van der Waals surface area (Å²) in [5, 5.41) is 12.7. The Balaban J connectivity index is 2.01. The van der Waals surface area contributed by atoms with Crippen molar-refractivity contribution in [2.45, 2.75) is 0 Å². The molecule has 0 N–H and O–H groups in total. The van der Waals surface area contributed by atoms with Crippen molar-refractivity contribution >= 4 is 15.9 Å². The Kier molecular flexibility index (Phi) is 3.46. The molecule has 21 heavy (non-hydrogen) atoms. The van der Waals surface area contributed by atoms with E-state index in [1.165, 1.54) is 18.3 Å². The molecule has 0 aliphatic heterocycles. The number of nitrogens with zero attached hydrogens (tertiary/aromatic N) is 4. The van der Waals surface area contributed by atoms with Gasteiger partial charge in [0.15, 0.2) is 0 Å². The van der Waals surface area contributed by atoms with Crippen LogP contribution < -0.4 is 0 Å². The minimum absolute atomic E-state index is 0.240. The van der Waals surface area contributed by atoms with Crippen molar-refractivity contribution in [1.82, 2.24) is 15.1 Å². The van der Waals surface area contributed by atoms with Crippen LogP contribution in [0.25, 0.3) is 22.8 Å². The number of benzene rings is 1. The summed E-state index contributed by atoms with van der Waals surface area (Å²) in [5.74, 6) is 0.103. The van der Waals surface area contributed by atoms with Gasteiger partial charge in [-0.25, -0.2) is 9.37 Å². The highest BCUT2D eigenvalue weighted by Crippen LogP contribution is 2.25. The van der Waals surface area contributed by atoms with E-state index in [2.05, 4.69) is 31.1 Å². The number of pyridine rings is 1. The zero-order valence-corrected chi connectivity index (χ0v) is 12.0. The minimum atomic E-state index is -0.401. The quantitative estimate of drug-likeness (QED) is 0.710. The molecular formula is C14H6BrFN4O. The van der Waals surface area contributed by atoms with E-state index in [9.17, 15) is 4.39 Å². The molecule has 0 spiro atoms. The SMILES string of the molecule is N#Cc1cc(-c2nc(-c3cc(F)cc(Br)c3)no2)ccn1. The van der Waals surface area contributed by atoms with Crippen molar-refractivity contribution in [3.63, 3.8) is 0 Å². The molecule has 0 saturated heterocycles. The van der Waals surface area contributed by atoms with Crippen molar-refractivity contribution in [3.05, 3.63) is 52.5 Å². The highest BCUT2D eigenvalue weighted by molar-refractivity contribution is 9.10. The first-order valence-electron chi connectivity index (χ1n) is 5.82. The molecule has 0 unspecified atom stereocenters. The summed E-state index contributed by atoms with van der Waals surface area (Å²) < 4.78 is 19.1. The molecule has 0 radical (unpaired) electrons. The Morgan fingerprint density at radius 1 is 1.19 bits per heavy atom. The van der Waals surface area contributed by atoms with Crippen LogP contribution in [0.4, 0.5) is 4.39 Å². The van der Waals surface area contributed by atoms with Crippen molar-refractivity contribution in [1.29, 1.82) is 5.26 Å². The van der Waals surface area contributed by atoms with E-state index in [1.807, 2.05) is 6.07 Å². The van der Waals surface area contributed by atoms with E-state index in [-0.39, 0.29) is 17.4 Å². The van der Waals surface area contributed by atoms with Gasteiger partial charge in [-0.3, -0.25) is 0 Å². The zero-order chi connectivity index (χ0) is 14.8. The van der Waals surface area contributed by atoms with E-state index in [4.69, 9.17) is 9.78 Å². The zero-order valence-electron chi connectivity index (χ0n) is 10.4. The first-order chi connectivity index (χ1) is 10.2. The Hall–Kier alpha value is -2.59. The average Bonchev–Trinajstić information content (AvgIpc) is 2.96. The van der Waals surface area contributed by atoms with Crippen LogP contribution in [0.15, 0.2) is 45.5 Å². The molecule has 0 amide bonds. The molecule has 2 aromatic heterocycles. The Morgan fingerprint density at radius 2 is 2.05 bits per heavy atom. The van der Waals surface area contributed by atoms with E-state index in [0.717, 1.165) is 0 Å². The van der Waals surface area contributed by atoms with Gasteiger partial charge in [0, 0.05) is 21.8 Å². The maximum atomic E-state index is 13.4. The molecule has 5 nitrogen and oxygen atoms in total. The standard InChI is InChI=1S/C14H6BrFN4O/c15-10-3-9(4-11(16)6-10)13-19-14(21-20-13)8-1-2-18-12(5-8)7-17/h1-6H. The van der Waals surface area contributed by atoms with Gasteiger partial charge >= 0.3 is 0 Å². The van der Waals surface area contributed by atoms with Gasteiger partial charge < -0.3 is 4.52 Å². The summed E-state index contributed by atoms with van der Waals surface area (Å²) in [4.78, 5) is 8.07. The van der Waals surface area contributed by atoms with Crippen LogP contribution in [0, 0.1) is 17.1 Å². The molecule has 0 aliphatic carbocycles. The van der Waals surface area contributed by atoms with E-state index in [1.54, 1.807) is 18.2 Å². The number of nitriles is 1. The number of hydrogen-bond donors (Lipinski definition) is 0. The van der Waals surface area contributed by atoms with Crippen LogP contribution in [-0.2, 0) is 0 Å². The van der Waals surface area contributed by atoms with Gasteiger partial charge in [-0.05, 0) is 30.3 Å². The maximum Gasteiger partial charge on any atom is 0.258 e. The highest BCUT2D eigenvalue weighted by Gasteiger charge is 2.12. The average molecular weight is 345 g/mol. The second kappa shape index (κ2) is 5.42. The van der Waals surface area contributed by atoms with E-state index in [0.29, 0.717) is 15.6 Å². The third-order valence-electron chi connectivity index (χ3n) is 2.67. The third kappa shape index (κ3) is 2.80. The molecular weight excluding hydrogens is 339 g/mol. The van der Waals surface area contributed by atoms with Crippen molar-refractivity contribution in [2.24, 2.45) is 0 Å². The lowest BCUT2D eigenvalue weighted by Gasteiger charge is -1.96. The molecule has 2 heterocycles. The van der Waals surface area contributed by atoms with Gasteiger partial charge in [-0.2, -0.15) is 10.2 Å². The van der Waals surface area contributed by atoms with Gasteiger partial charge in [-0.1, -0.05) is 21.1 Å². The fourth-order valence-corrected chi connectivity index (χ4v) is 2.23. The van der Waals surface area contributed by atoms with Gasteiger partial charge in [0.25, 0.3) is 5.89 Å². The summed E-state index contributed by atoms with van der Waals surface area (Å²) in [6.07, 6.45) is 1.48. The van der Waals surface area contributed by atoms with Gasteiger partial charge in [0.1, 0.15) is 17.6 Å². The molecule has 7 heteroatoms.